The maximum atomic E-state index is 12.9. The van der Waals surface area contributed by atoms with Crippen LogP contribution < -0.4 is 9.47 Å². The van der Waals surface area contributed by atoms with E-state index in [-0.39, 0.29) is 5.78 Å². The summed E-state index contributed by atoms with van der Waals surface area (Å²) < 4.78 is 11.6. The number of hydrogen-bond donors (Lipinski definition) is 0. The summed E-state index contributed by atoms with van der Waals surface area (Å²) in [5.74, 6) is 0.830. The lowest BCUT2D eigenvalue weighted by molar-refractivity contribution is 0.0736. The van der Waals surface area contributed by atoms with Crippen molar-refractivity contribution in [2.75, 3.05) is 6.61 Å². The maximum absolute atomic E-state index is 12.9. The van der Waals surface area contributed by atoms with Crippen molar-refractivity contribution in [3.05, 3.63) is 71.8 Å². The molecule has 0 aliphatic carbocycles. The first-order valence-corrected chi connectivity index (χ1v) is 12.1. The van der Waals surface area contributed by atoms with Gasteiger partial charge in [0.15, 0.2) is 5.78 Å². The van der Waals surface area contributed by atoms with Gasteiger partial charge in [-0.3, -0.25) is 4.79 Å². The molecule has 3 aromatic carbocycles. The summed E-state index contributed by atoms with van der Waals surface area (Å²) in [6.45, 7) is 4.73. The standard InChI is InChI=1S/C29H34O4/c1-3-5-6-7-8-9-12-21-32-28-20-19-26(24-13-10-11-14-25(24)28)29(31)33-23-17-15-22(16-18-23)27(30)4-2/h10-11,13-20H,3-9,12,21H2,1-2H3. The smallest absolute Gasteiger partial charge is 0.344 e. The Balaban J connectivity index is 1.63. The molecule has 0 saturated heterocycles. The summed E-state index contributed by atoms with van der Waals surface area (Å²) in [7, 11) is 0. The van der Waals surface area contributed by atoms with Crippen LogP contribution in [0.2, 0.25) is 0 Å². The first-order chi connectivity index (χ1) is 16.1. The minimum atomic E-state index is -0.431. The Kier molecular flexibility index (Phi) is 9.49. The number of ketones is 1. The van der Waals surface area contributed by atoms with Gasteiger partial charge >= 0.3 is 5.97 Å². The Morgan fingerprint density at radius 2 is 1.39 bits per heavy atom. The average molecular weight is 447 g/mol. The molecule has 0 radical (unpaired) electrons. The number of fused-ring (bicyclic) bond motifs is 1. The second-order valence-corrected chi connectivity index (χ2v) is 8.32. The Hall–Kier alpha value is -3.14. The van der Waals surface area contributed by atoms with Gasteiger partial charge in [0.1, 0.15) is 11.5 Å². The van der Waals surface area contributed by atoms with E-state index in [0.29, 0.717) is 29.9 Å². The summed E-state index contributed by atoms with van der Waals surface area (Å²) in [6, 6.07) is 18.0. The third kappa shape index (κ3) is 6.92. The highest BCUT2D eigenvalue weighted by Crippen LogP contribution is 2.30. The molecule has 0 unspecified atom stereocenters. The molecule has 0 atom stereocenters. The van der Waals surface area contributed by atoms with E-state index < -0.39 is 5.97 Å². The number of rotatable bonds is 13. The van der Waals surface area contributed by atoms with Crippen LogP contribution in [0.4, 0.5) is 0 Å². The Bertz CT molecular complexity index is 1050. The normalized spacial score (nSPS) is 10.8. The van der Waals surface area contributed by atoms with Gasteiger partial charge in [-0.05, 0) is 48.2 Å². The Morgan fingerprint density at radius 1 is 0.727 bits per heavy atom. The van der Waals surface area contributed by atoms with Crippen molar-refractivity contribution in [2.45, 2.75) is 65.2 Å². The molecule has 3 aromatic rings. The minimum absolute atomic E-state index is 0.0611. The van der Waals surface area contributed by atoms with E-state index >= 15 is 0 Å². The van der Waals surface area contributed by atoms with E-state index in [1.807, 2.05) is 37.3 Å². The summed E-state index contributed by atoms with van der Waals surface area (Å²) in [5.41, 5.74) is 1.10. The van der Waals surface area contributed by atoms with Crippen LogP contribution in [0.3, 0.4) is 0 Å². The van der Waals surface area contributed by atoms with E-state index in [1.165, 1.54) is 38.5 Å². The molecule has 0 bridgehead atoms. The van der Waals surface area contributed by atoms with Crippen LogP contribution in [0.15, 0.2) is 60.7 Å². The Morgan fingerprint density at radius 3 is 2.09 bits per heavy atom. The zero-order valence-electron chi connectivity index (χ0n) is 19.8. The second-order valence-electron chi connectivity index (χ2n) is 8.32. The second kappa shape index (κ2) is 12.8. The van der Waals surface area contributed by atoms with Crippen molar-refractivity contribution in [1.82, 2.24) is 0 Å². The van der Waals surface area contributed by atoms with Crippen molar-refractivity contribution in [3.63, 3.8) is 0 Å². The zero-order chi connectivity index (χ0) is 23.5. The number of unbranched alkanes of at least 4 members (excludes halogenated alkanes) is 6. The number of Topliss-reactive ketones (excluding diaryl/α,β-unsaturated/α-hetero) is 1. The third-order valence-electron chi connectivity index (χ3n) is 5.82. The number of ether oxygens (including phenoxy) is 2. The molecule has 3 rings (SSSR count). The van der Waals surface area contributed by atoms with Crippen molar-refractivity contribution < 1.29 is 19.1 Å². The molecule has 0 fully saturated rings. The molecular weight excluding hydrogens is 412 g/mol. The van der Waals surface area contributed by atoms with Crippen LogP contribution in [0.5, 0.6) is 11.5 Å². The van der Waals surface area contributed by atoms with Gasteiger partial charge in [-0.2, -0.15) is 0 Å². The van der Waals surface area contributed by atoms with E-state index in [2.05, 4.69) is 6.92 Å². The summed E-state index contributed by atoms with van der Waals surface area (Å²) >= 11 is 0. The fourth-order valence-corrected chi connectivity index (χ4v) is 3.89. The molecule has 0 saturated carbocycles. The van der Waals surface area contributed by atoms with Gasteiger partial charge in [0.2, 0.25) is 0 Å². The largest absolute Gasteiger partial charge is 0.493 e. The first kappa shape index (κ1) is 24.5. The summed E-state index contributed by atoms with van der Waals surface area (Å²) in [5, 5.41) is 1.70. The number of carbonyl (C=O) groups excluding carboxylic acids is 2. The molecule has 0 aliphatic rings. The molecule has 0 heterocycles. The highest BCUT2D eigenvalue weighted by molar-refractivity contribution is 6.07. The van der Waals surface area contributed by atoms with Crippen LogP contribution in [0, 0.1) is 0 Å². The fraction of sp³-hybridized carbons (Fsp3) is 0.379. The fourth-order valence-electron chi connectivity index (χ4n) is 3.89. The lowest BCUT2D eigenvalue weighted by Gasteiger charge is -2.12. The van der Waals surface area contributed by atoms with Crippen LogP contribution in [0.25, 0.3) is 10.8 Å². The first-order valence-electron chi connectivity index (χ1n) is 12.1. The predicted octanol–water partition coefficient (Wildman–Crippen LogP) is 7.78. The molecule has 4 nitrogen and oxygen atoms in total. The number of esters is 1. The van der Waals surface area contributed by atoms with Crippen LogP contribution in [0.1, 0.15) is 85.9 Å². The predicted molar refractivity (Wildman–Crippen MR) is 133 cm³/mol. The van der Waals surface area contributed by atoms with Gasteiger partial charge in [0, 0.05) is 17.4 Å². The molecule has 33 heavy (non-hydrogen) atoms. The molecule has 0 aromatic heterocycles. The lowest BCUT2D eigenvalue weighted by atomic mass is 10.0. The monoisotopic (exact) mass is 446 g/mol. The van der Waals surface area contributed by atoms with Crippen LogP contribution in [-0.4, -0.2) is 18.4 Å². The molecule has 0 amide bonds. The highest BCUT2D eigenvalue weighted by Gasteiger charge is 2.15. The SMILES string of the molecule is CCCCCCCCCOc1ccc(C(=O)Oc2ccc(C(=O)CC)cc2)c2ccccc12. The molecule has 4 heteroatoms. The van der Waals surface area contributed by atoms with Gasteiger partial charge in [0.25, 0.3) is 0 Å². The van der Waals surface area contributed by atoms with E-state index in [1.54, 1.807) is 30.3 Å². The van der Waals surface area contributed by atoms with Gasteiger partial charge in [-0.25, -0.2) is 4.79 Å². The minimum Gasteiger partial charge on any atom is -0.493 e. The maximum Gasteiger partial charge on any atom is 0.344 e. The molecule has 0 spiro atoms. The van der Waals surface area contributed by atoms with Gasteiger partial charge in [-0.15, -0.1) is 0 Å². The van der Waals surface area contributed by atoms with E-state index in [0.717, 1.165) is 22.9 Å². The van der Waals surface area contributed by atoms with Crippen molar-refractivity contribution >= 4 is 22.5 Å². The molecular formula is C29H34O4. The summed E-state index contributed by atoms with van der Waals surface area (Å²) in [6.07, 6.45) is 9.11. The lowest BCUT2D eigenvalue weighted by Crippen LogP contribution is -2.10. The van der Waals surface area contributed by atoms with E-state index in [9.17, 15) is 9.59 Å². The molecule has 0 aliphatic heterocycles. The highest BCUT2D eigenvalue weighted by atomic mass is 16.5. The number of hydrogen-bond acceptors (Lipinski definition) is 4. The topological polar surface area (TPSA) is 52.6 Å². The summed E-state index contributed by atoms with van der Waals surface area (Å²) in [4.78, 5) is 24.7. The van der Waals surface area contributed by atoms with Crippen LogP contribution >= 0.6 is 0 Å². The molecule has 174 valence electrons. The molecule has 0 N–H and O–H groups in total. The van der Waals surface area contributed by atoms with Gasteiger partial charge < -0.3 is 9.47 Å². The van der Waals surface area contributed by atoms with Gasteiger partial charge in [0.05, 0.1) is 12.2 Å². The average Bonchev–Trinajstić information content (AvgIpc) is 2.85. The number of carbonyl (C=O) groups is 2. The van der Waals surface area contributed by atoms with E-state index in [4.69, 9.17) is 9.47 Å². The number of benzene rings is 3. The Labute approximate surface area is 196 Å². The quantitative estimate of drug-likeness (QED) is 0.116. The zero-order valence-corrected chi connectivity index (χ0v) is 19.8. The van der Waals surface area contributed by atoms with Crippen molar-refractivity contribution in [2.24, 2.45) is 0 Å². The van der Waals surface area contributed by atoms with Crippen LogP contribution in [-0.2, 0) is 0 Å². The van der Waals surface area contributed by atoms with Crippen molar-refractivity contribution in [3.8, 4) is 11.5 Å². The van der Waals surface area contributed by atoms with Gasteiger partial charge in [-0.1, -0.05) is 76.6 Å². The van der Waals surface area contributed by atoms with Crippen molar-refractivity contribution in [1.29, 1.82) is 0 Å². The third-order valence-corrected chi connectivity index (χ3v) is 5.82.